The number of aliphatic carboxylic acids is 1. The Kier molecular flexibility index (Phi) is 4.46. The number of carboxylic acid groups (broad SMARTS) is 1. The highest BCUT2D eigenvalue weighted by Crippen LogP contribution is 2.19. The second-order valence-electron chi connectivity index (χ2n) is 4.65. The number of aliphatic hydroxyl groups is 1. The maximum absolute atomic E-state index is 12.0. The highest BCUT2D eigenvalue weighted by atomic mass is 35.5. The summed E-state index contributed by atoms with van der Waals surface area (Å²) in [5.74, 6) is -1.12. The van der Waals surface area contributed by atoms with Crippen molar-refractivity contribution in [3.05, 3.63) is 34.9 Å². The van der Waals surface area contributed by atoms with Gasteiger partial charge in [0.25, 0.3) is 0 Å². The van der Waals surface area contributed by atoms with Crippen LogP contribution in [0, 0.1) is 0 Å². The number of likely N-dealkylation sites (tertiary alicyclic amines) is 1. The number of halogens is 1. The fraction of sp³-hybridized carbons (Fsp3) is 0.385. The molecule has 0 saturated carbocycles. The minimum atomic E-state index is -1.12. The summed E-state index contributed by atoms with van der Waals surface area (Å²) in [5, 5.41) is 21.7. The molecule has 3 N–H and O–H groups in total. The molecule has 20 heavy (non-hydrogen) atoms. The number of benzene rings is 1. The molecule has 2 atom stereocenters. The van der Waals surface area contributed by atoms with E-state index in [9.17, 15) is 14.7 Å². The lowest BCUT2D eigenvalue weighted by Crippen LogP contribution is -2.45. The quantitative estimate of drug-likeness (QED) is 0.778. The minimum Gasteiger partial charge on any atom is -0.480 e. The summed E-state index contributed by atoms with van der Waals surface area (Å²) in [6, 6.07) is 5.56. The molecule has 7 heteroatoms. The number of carbonyl (C=O) groups excluding carboxylic acids is 1. The molecule has 1 aliphatic heterocycles. The first-order valence-corrected chi connectivity index (χ1v) is 6.55. The van der Waals surface area contributed by atoms with Crippen molar-refractivity contribution >= 4 is 23.6 Å². The molecule has 0 spiro atoms. The van der Waals surface area contributed by atoms with Crippen LogP contribution in [-0.2, 0) is 11.3 Å². The number of carbonyl (C=O) groups is 2. The Morgan fingerprint density at radius 2 is 2.10 bits per heavy atom. The Labute approximate surface area is 121 Å². The number of urea groups is 1. The van der Waals surface area contributed by atoms with E-state index in [0.29, 0.717) is 5.02 Å². The van der Waals surface area contributed by atoms with Crippen molar-refractivity contribution in [3.63, 3.8) is 0 Å². The third-order valence-corrected chi connectivity index (χ3v) is 3.58. The zero-order valence-corrected chi connectivity index (χ0v) is 11.4. The van der Waals surface area contributed by atoms with E-state index in [1.165, 1.54) is 0 Å². The SMILES string of the molecule is O=C(O)[C@@H]1C[C@@H](O)CN1C(=O)NCc1ccccc1Cl. The van der Waals surface area contributed by atoms with Gasteiger partial charge in [-0.05, 0) is 11.6 Å². The molecule has 1 fully saturated rings. The first-order chi connectivity index (χ1) is 9.49. The van der Waals surface area contributed by atoms with Crippen LogP contribution in [0.25, 0.3) is 0 Å². The monoisotopic (exact) mass is 298 g/mol. The number of aliphatic hydroxyl groups excluding tert-OH is 1. The van der Waals surface area contributed by atoms with Crippen molar-refractivity contribution in [2.45, 2.75) is 25.1 Å². The standard InChI is InChI=1S/C13H15ClN2O4/c14-10-4-2-1-3-8(10)6-15-13(20)16-7-9(17)5-11(16)12(18)19/h1-4,9,11,17H,5-7H2,(H,15,20)(H,18,19)/t9-,11+/m1/s1. The van der Waals surface area contributed by atoms with Crippen LogP contribution in [0.15, 0.2) is 24.3 Å². The number of hydrogen-bond acceptors (Lipinski definition) is 3. The molecule has 1 saturated heterocycles. The van der Waals surface area contributed by atoms with Crippen molar-refractivity contribution in [3.8, 4) is 0 Å². The van der Waals surface area contributed by atoms with E-state index in [-0.39, 0.29) is 19.5 Å². The Morgan fingerprint density at radius 3 is 2.75 bits per heavy atom. The van der Waals surface area contributed by atoms with Crippen molar-refractivity contribution < 1.29 is 19.8 Å². The zero-order chi connectivity index (χ0) is 14.7. The van der Waals surface area contributed by atoms with Gasteiger partial charge >= 0.3 is 12.0 Å². The first kappa shape index (κ1) is 14.6. The predicted molar refractivity (Wildman–Crippen MR) is 72.4 cm³/mol. The molecule has 1 aliphatic rings. The van der Waals surface area contributed by atoms with Crippen molar-refractivity contribution in [2.75, 3.05) is 6.54 Å². The summed E-state index contributed by atoms with van der Waals surface area (Å²) in [6.45, 7) is 0.225. The smallest absolute Gasteiger partial charge is 0.326 e. The van der Waals surface area contributed by atoms with E-state index in [2.05, 4.69) is 5.32 Å². The second-order valence-corrected chi connectivity index (χ2v) is 5.05. The van der Waals surface area contributed by atoms with Crippen LogP contribution < -0.4 is 5.32 Å². The molecule has 0 aromatic heterocycles. The molecule has 6 nitrogen and oxygen atoms in total. The van der Waals surface area contributed by atoms with Crippen molar-refractivity contribution in [1.82, 2.24) is 10.2 Å². The van der Waals surface area contributed by atoms with E-state index in [4.69, 9.17) is 16.7 Å². The lowest BCUT2D eigenvalue weighted by Gasteiger charge is -2.21. The zero-order valence-electron chi connectivity index (χ0n) is 10.6. The van der Waals surface area contributed by atoms with Gasteiger partial charge in [0.2, 0.25) is 0 Å². The maximum Gasteiger partial charge on any atom is 0.326 e. The number of nitrogens with one attached hydrogen (secondary N) is 1. The van der Waals surface area contributed by atoms with E-state index in [1.54, 1.807) is 24.3 Å². The number of rotatable bonds is 3. The van der Waals surface area contributed by atoms with Crippen LogP contribution in [0.3, 0.4) is 0 Å². The number of nitrogens with zero attached hydrogens (tertiary/aromatic N) is 1. The summed E-state index contributed by atoms with van der Waals surface area (Å²) >= 11 is 5.97. The maximum atomic E-state index is 12.0. The van der Waals surface area contributed by atoms with Crippen LogP contribution in [0.5, 0.6) is 0 Å². The van der Waals surface area contributed by atoms with E-state index in [0.717, 1.165) is 10.5 Å². The van der Waals surface area contributed by atoms with Crippen LogP contribution in [0.4, 0.5) is 4.79 Å². The molecule has 1 aromatic rings. The Balaban J connectivity index is 1.98. The van der Waals surface area contributed by atoms with Gasteiger partial charge in [0.15, 0.2) is 0 Å². The van der Waals surface area contributed by atoms with Crippen LogP contribution in [-0.4, -0.2) is 45.8 Å². The van der Waals surface area contributed by atoms with E-state index >= 15 is 0 Å². The molecular weight excluding hydrogens is 284 g/mol. The van der Waals surface area contributed by atoms with Gasteiger partial charge < -0.3 is 20.4 Å². The molecule has 2 amide bonds. The Morgan fingerprint density at radius 1 is 1.40 bits per heavy atom. The summed E-state index contributed by atoms with van der Waals surface area (Å²) in [4.78, 5) is 24.2. The molecule has 1 aromatic carbocycles. The second kappa shape index (κ2) is 6.11. The van der Waals surface area contributed by atoms with Gasteiger partial charge in [-0.3, -0.25) is 0 Å². The van der Waals surface area contributed by atoms with Crippen LogP contribution in [0.2, 0.25) is 5.02 Å². The predicted octanol–water partition coefficient (Wildman–Crippen LogP) is 1.07. The fourth-order valence-electron chi connectivity index (χ4n) is 2.19. The number of amides is 2. The van der Waals surface area contributed by atoms with Gasteiger partial charge in [-0.15, -0.1) is 0 Å². The van der Waals surface area contributed by atoms with Gasteiger partial charge in [0, 0.05) is 24.5 Å². The average molecular weight is 299 g/mol. The molecule has 0 bridgehead atoms. The van der Waals surface area contributed by atoms with E-state index < -0.39 is 24.1 Å². The molecule has 108 valence electrons. The number of hydrogen-bond donors (Lipinski definition) is 3. The average Bonchev–Trinajstić information content (AvgIpc) is 2.80. The molecule has 2 rings (SSSR count). The normalized spacial score (nSPS) is 21.8. The highest BCUT2D eigenvalue weighted by molar-refractivity contribution is 6.31. The largest absolute Gasteiger partial charge is 0.480 e. The molecular formula is C13H15ClN2O4. The Hall–Kier alpha value is -1.79. The lowest BCUT2D eigenvalue weighted by atomic mass is 10.2. The third-order valence-electron chi connectivity index (χ3n) is 3.21. The Bertz CT molecular complexity index is 523. The van der Waals surface area contributed by atoms with Crippen LogP contribution in [0.1, 0.15) is 12.0 Å². The van der Waals surface area contributed by atoms with Crippen molar-refractivity contribution in [2.24, 2.45) is 0 Å². The topological polar surface area (TPSA) is 89.9 Å². The minimum absolute atomic E-state index is 0.0192. The van der Waals surface area contributed by atoms with E-state index in [1.807, 2.05) is 0 Å². The summed E-state index contributed by atoms with van der Waals surface area (Å²) in [5.41, 5.74) is 0.745. The highest BCUT2D eigenvalue weighted by Gasteiger charge is 2.38. The van der Waals surface area contributed by atoms with Crippen LogP contribution >= 0.6 is 11.6 Å². The summed E-state index contributed by atoms with van der Waals surface area (Å²) in [6.07, 6.45) is -0.753. The van der Waals surface area contributed by atoms with Gasteiger partial charge in [0.05, 0.1) is 6.10 Å². The van der Waals surface area contributed by atoms with Gasteiger partial charge in [-0.1, -0.05) is 29.8 Å². The van der Waals surface area contributed by atoms with Gasteiger partial charge in [0.1, 0.15) is 6.04 Å². The third kappa shape index (κ3) is 3.20. The molecule has 0 unspecified atom stereocenters. The fourth-order valence-corrected chi connectivity index (χ4v) is 2.39. The first-order valence-electron chi connectivity index (χ1n) is 6.17. The number of β-amino-alcohol motifs (C(OH)–C–C–N with tert-alkyl or cyclic N) is 1. The van der Waals surface area contributed by atoms with Gasteiger partial charge in [-0.2, -0.15) is 0 Å². The summed E-state index contributed by atoms with van der Waals surface area (Å²) in [7, 11) is 0. The summed E-state index contributed by atoms with van der Waals surface area (Å²) < 4.78 is 0. The number of carboxylic acids is 1. The molecule has 0 aliphatic carbocycles. The molecule has 1 heterocycles. The lowest BCUT2D eigenvalue weighted by molar-refractivity contribution is -0.141. The van der Waals surface area contributed by atoms with Gasteiger partial charge in [-0.25, -0.2) is 9.59 Å². The van der Waals surface area contributed by atoms with Crippen molar-refractivity contribution in [1.29, 1.82) is 0 Å². The molecule has 0 radical (unpaired) electrons.